The molecular weight excluding hydrogens is 509 g/mol. The lowest BCUT2D eigenvalue weighted by Crippen LogP contribution is -2.39. The number of benzene rings is 1. The van der Waals surface area contributed by atoms with E-state index >= 15 is 0 Å². The number of rotatable bonds is 10. The number of cyclic esters (lactones) is 1. The van der Waals surface area contributed by atoms with Crippen LogP contribution in [-0.4, -0.2) is 82.5 Å². The van der Waals surface area contributed by atoms with Gasteiger partial charge in [-0.05, 0) is 32.3 Å². The molecule has 0 atom stereocenters. The maximum atomic E-state index is 13.3. The topological polar surface area (TPSA) is 94.6 Å². The van der Waals surface area contributed by atoms with Crippen molar-refractivity contribution in [3.05, 3.63) is 33.9 Å². The zero-order valence-corrected chi connectivity index (χ0v) is 22.0. The molecule has 1 saturated heterocycles. The Hall–Kier alpha value is -3.12. The number of nitrogens with zero attached hydrogens (tertiary/aromatic N) is 2. The molecule has 0 saturated carbocycles. The van der Waals surface area contributed by atoms with Crippen LogP contribution in [0.2, 0.25) is 0 Å². The highest BCUT2D eigenvalue weighted by molar-refractivity contribution is 6.07. The normalized spacial score (nSPS) is 16.2. The molecule has 2 heterocycles. The lowest BCUT2D eigenvalue weighted by Gasteiger charge is -2.26. The summed E-state index contributed by atoms with van der Waals surface area (Å²) in [6, 6.07) is 0. The Labute approximate surface area is 219 Å². The number of fused-ring (bicyclic) bond motifs is 1. The summed E-state index contributed by atoms with van der Waals surface area (Å²) >= 11 is 0. The summed E-state index contributed by atoms with van der Waals surface area (Å²) in [7, 11) is 2.34. The van der Waals surface area contributed by atoms with E-state index < -0.39 is 18.1 Å². The molecule has 0 aromatic heterocycles. The number of hydrogen-bond donors (Lipinski definition) is 0. The summed E-state index contributed by atoms with van der Waals surface area (Å²) in [5, 5.41) is 0. The molecule has 0 unspecified atom stereocenters. The third kappa shape index (κ3) is 6.84. The van der Waals surface area contributed by atoms with Crippen LogP contribution >= 0.6 is 0 Å². The number of ether oxygens (including phenoxy) is 4. The Morgan fingerprint density at radius 2 is 1.87 bits per heavy atom. The molecule has 3 rings (SSSR count). The predicted octanol–water partition coefficient (Wildman–Crippen LogP) is 3.34. The van der Waals surface area contributed by atoms with Crippen molar-refractivity contribution in [1.29, 1.82) is 0 Å². The quantitative estimate of drug-likeness (QED) is 0.328. The monoisotopic (exact) mass is 542 g/mol. The van der Waals surface area contributed by atoms with Gasteiger partial charge in [0, 0.05) is 44.2 Å². The van der Waals surface area contributed by atoms with Gasteiger partial charge < -0.3 is 23.8 Å². The maximum Gasteiger partial charge on any atom is 0.471 e. The van der Waals surface area contributed by atoms with Crippen LogP contribution in [0.25, 0.3) is 0 Å². The van der Waals surface area contributed by atoms with Crippen molar-refractivity contribution in [1.82, 2.24) is 4.90 Å². The van der Waals surface area contributed by atoms with Crippen molar-refractivity contribution in [3.8, 4) is 5.75 Å². The fraction of sp³-hybridized carbons (Fsp3) is 0.577. The minimum Gasteiger partial charge on any atom is -0.496 e. The Bertz CT molecular complexity index is 1100. The lowest BCUT2D eigenvalue weighted by molar-refractivity contribution is -0.170. The van der Waals surface area contributed by atoms with Crippen molar-refractivity contribution >= 4 is 23.5 Å². The first-order chi connectivity index (χ1) is 18.0. The van der Waals surface area contributed by atoms with Crippen LogP contribution in [0.5, 0.6) is 5.75 Å². The molecule has 1 aromatic carbocycles. The molecule has 2 aliphatic rings. The third-order valence-corrected chi connectivity index (χ3v) is 6.68. The first kappa shape index (κ1) is 29.4. The van der Waals surface area contributed by atoms with E-state index in [-0.39, 0.29) is 54.6 Å². The number of hydrogen-bond acceptors (Lipinski definition) is 8. The van der Waals surface area contributed by atoms with E-state index in [4.69, 9.17) is 18.9 Å². The van der Waals surface area contributed by atoms with Crippen LogP contribution in [0.3, 0.4) is 0 Å². The number of allylic oxidation sites excluding steroid dienone is 2. The highest BCUT2D eigenvalue weighted by Gasteiger charge is 2.44. The molecule has 2 aliphatic heterocycles. The number of alkyl halides is 3. The number of methoxy groups -OCH3 is 1. The number of amides is 1. The van der Waals surface area contributed by atoms with Crippen molar-refractivity contribution in [3.63, 3.8) is 0 Å². The van der Waals surface area contributed by atoms with E-state index in [1.165, 1.54) is 7.11 Å². The van der Waals surface area contributed by atoms with Gasteiger partial charge >= 0.3 is 24.0 Å². The molecule has 1 fully saturated rings. The van der Waals surface area contributed by atoms with Crippen molar-refractivity contribution < 1.29 is 46.5 Å². The summed E-state index contributed by atoms with van der Waals surface area (Å²) in [6.45, 7) is 7.19. The Balaban J connectivity index is 1.76. The molecule has 1 amide bonds. The highest BCUT2D eigenvalue weighted by atomic mass is 19.4. The van der Waals surface area contributed by atoms with Gasteiger partial charge in [-0.1, -0.05) is 11.6 Å². The summed E-state index contributed by atoms with van der Waals surface area (Å²) < 4.78 is 61.1. The number of anilines is 1. The van der Waals surface area contributed by atoms with Gasteiger partial charge in [-0.2, -0.15) is 13.2 Å². The predicted molar refractivity (Wildman–Crippen MR) is 131 cm³/mol. The third-order valence-electron chi connectivity index (χ3n) is 6.68. The van der Waals surface area contributed by atoms with E-state index in [1.807, 2.05) is 0 Å². The maximum absolute atomic E-state index is 13.3. The van der Waals surface area contributed by atoms with Crippen molar-refractivity contribution in [2.45, 2.75) is 45.9 Å². The standard InChI is InChI=1S/C26H33F3N2O7/c1-16(6-8-20(32)37-14-11-31-9-12-36-13-10-31)5-7-18-22(30(3)25(34)26(27,28)29)21-19(15-38-24(21)33)17(2)23(18)35-4/h5H,6-15H2,1-4H3. The average Bonchev–Trinajstić information content (AvgIpc) is 3.27. The zero-order chi connectivity index (χ0) is 28.0. The van der Waals surface area contributed by atoms with Gasteiger partial charge in [0.25, 0.3) is 0 Å². The average molecular weight is 543 g/mol. The number of carbonyl (C=O) groups excluding carboxylic acids is 3. The molecule has 0 bridgehead atoms. The van der Waals surface area contributed by atoms with Gasteiger partial charge in [-0.15, -0.1) is 0 Å². The van der Waals surface area contributed by atoms with Crippen LogP contribution in [-0.2, 0) is 36.8 Å². The van der Waals surface area contributed by atoms with Crippen LogP contribution in [0.1, 0.15) is 46.8 Å². The Morgan fingerprint density at radius 1 is 1.18 bits per heavy atom. The molecule has 9 nitrogen and oxygen atoms in total. The first-order valence-electron chi connectivity index (χ1n) is 12.3. The second kappa shape index (κ2) is 12.6. The van der Waals surface area contributed by atoms with Gasteiger partial charge in [0.1, 0.15) is 19.0 Å². The Kier molecular flexibility index (Phi) is 9.77. The van der Waals surface area contributed by atoms with Crippen LogP contribution < -0.4 is 9.64 Å². The molecule has 0 spiro atoms. The van der Waals surface area contributed by atoms with Gasteiger partial charge in [-0.25, -0.2) is 4.79 Å². The Morgan fingerprint density at radius 3 is 2.50 bits per heavy atom. The number of morpholine rings is 1. The molecule has 12 heteroatoms. The minimum atomic E-state index is -5.15. The van der Waals surface area contributed by atoms with Crippen LogP contribution in [0.15, 0.2) is 11.6 Å². The molecule has 38 heavy (non-hydrogen) atoms. The molecule has 1 aromatic rings. The summed E-state index contributed by atoms with van der Waals surface area (Å²) in [4.78, 5) is 39.4. The van der Waals surface area contributed by atoms with E-state index in [9.17, 15) is 27.6 Å². The largest absolute Gasteiger partial charge is 0.496 e. The molecule has 0 N–H and O–H groups in total. The smallest absolute Gasteiger partial charge is 0.471 e. The summed E-state index contributed by atoms with van der Waals surface area (Å²) in [6.07, 6.45) is -2.84. The van der Waals surface area contributed by atoms with Gasteiger partial charge in [0.15, 0.2) is 0 Å². The molecular formula is C26H33F3N2O7. The van der Waals surface area contributed by atoms with Crippen LogP contribution in [0, 0.1) is 6.92 Å². The first-order valence-corrected chi connectivity index (χ1v) is 12.3. The summed E-state index contributed by atoms with van der Waals surface area (Å²) in [5.74, 6) is -3.00. The van der Waals surface area contributed by atoms with E-state index in [0.717, 1.165) is 25.7 Å². The van der Waals surface area contributed by atoms with Crippen LogP contribution in [0.4, 0.5) is 18.9 Å². The van der Waals surface area contributed by atoms with Gasteiger partial charge in [0.2, 0.25) is 0 Å². The molecule has 0 radical (unpaired) electrons. The molecule has 210 valence electrons. The van der Waals surface area contributed by atoms with Crippen molar-refractivity contribution in [2.75, 3.05) is 58.5 Å². The van der Waals surface area contributed by atoms with E-state index in [2.05, 4.69) is 4.90 Å². The van der Waals surface area contributed by atoms with Gasteiger partial charge in [0.05, 0.1) is 31.6 Å². The van der Waals surface area contributed by atoms with Gasteiger partial charge in [-0.3, -0.25) is 14.5 Å². The second-order valence-corrected chi connectivity index (χ2v) is 9.21. The lowest BCUT2D eigenvalue weighted by atomic mass is 9.92. The van der Waals surface area contributed by atoms with Crippen molar-refractivity contribution in [2.24, 2.45) is 0 Å². The number of esters is 2. The zero-order valence-electron chi connectivity index (χ0n) is 22.0. The van der Waals surface area contributed by atoms with E-state index in [1.54, 1.807) is 19.9 Å². The fourth-order valence-electron chi connectivity index (χ4n) is 4.55. The second-order valence-electron chi connectivity index (χ2n) is 9.21. The molecule has 0 aliphatic carbocycles. The number of carbonyl (C=O) groups is 3. The number of halogens is 3. The van der Waals surface area contributed by atoms with E-state index in [0.29, 0.717) is 42.2 Å². The fourth-order valence-corrected chi connectivity index (χ4v) is 4.55. The highest BCUT2D eigenvalue weighted by Crippen LogP contribution is 2.43. The summed E-state index contributed by atoms with van der Waals surface area (Å²) in [5.41, 5.74) is 1.69. The minimum absolute atomic E-state index is 0.0628. The SMILES string of the molecule is COc1c(C)c2c(c(N(C)C(=O)C(F)(F)F)c1CC=C(C)CCC(=O)OCCN1CCOCC1)C(=O)OC2.